The van der Waals surface area contributed by atoms with Crippen molar-refractivity contribution in [2.24, 2.45) is 0 Å². The van der Waals surface area contributed by atoms with Crippen LogP contribution in [-0.4, -0.2) is 34.1 Å². The highest BCUT2D eigenvalue weighted by Gasteiger charge is 2.34. The van der Waals surface area contributed by atoms with E-state index in [4.69, 9.17) is 9.26 Å². The highest BCUT2D eigenvalue weighted by atomic mass is 32.1. The molecule has 1 aliphatic heterocycles. The second-order valence-corrected chi connectivity index (χ2v) is 9.11. The van der Waals surface area contributed by atoms with Crippen LogP contribution in [0.2, 0.25) is 0 Å². The molecule has 3 heterocycles. The van der Waals surface area contributed by atoms with Crippen molar-refractivity contribution in [3.63, 3.8) is 0 Å². The fourth-order valence-corrected chi connectivity index (χ4v) is 5.45. The fourth-order valence-electron chi connectivity index (χ4n) is 4.27. The first-order valence-electron chi connectivity index (χ1n) is 10.6. The number of carbonyl (C=O) groups excluding carboxylic acids is 1. The lowest BCUT2D eigenvalue weighted by molar-refractivity contribution is -0.128. The molecule has 5 rings (SSSR count). The minimum Gasteiger partial charge on any atom is -0.494 e. The number of thiophene rings is 1. The molecule has 2 aliphatic rings. The summed E-state index contributed by atoms with van der Waals surface area (Å²) in [5, 5.41) is 4.21. The Morgan fingerprint density at radius 1 is 1.23 bits per heavy atom. The molecule has 1 atom stereocenters. The number of ether oxygens (including phenoxy) is 1. The number of hydrogen-bond acceptors (Lipinski definition) is 6. The van der Waals surface area contributed by atoms with E-state index in [0.717, 1.165) is 29.0 Å². The molecule has 1 fully saturated rings. The van der Waals surface area contributed by atoms with Crippen molar-refractivity contribution >= 4 is 17.2 Å². The van der Waals surface area contributed by atoms with Gasteiger partial charge in [-0.2, -0.15) is 4.98 Å². The third kappa shape index (κ3) is 3.86. The molecule has 0 radical (unpaired) electrons. The van der Waals surface area contributed by atoms with Crippen LogP contribution in [0.3, 0.4) is 0 Å². The molecule has 1 aromatic carbocycles. The SMILES string of the molecule is CCOc1ccc(CN2CC(c3noc(-c4cc5c(s4)CCCC5)n3)CC2=O)cc1. The van der Waals surface area contributed by atoms with Gasteiger partial charge in [-0.15, -0.1) is 11.3 Å². The van der Waals surface area contributed by atoms with Crippen molar-refractivity contribution in [3.05, 3.63) is 52.2 Å². The Morgan fingerprint density at radius 2 is 2.07 bits per heavy atom. The zero-order chi connectivity index (χ0) is 20.5. The van der Waals surface area contributed by atoms with E-state index in [1.165, 1.54) is 23.3 Å². The van der Waals surface area contributed by atoms with Crippen molar-refractivity contribution in [3.8, 4) is 16.5 Å². The van der Waals surface area contributed by atoms with Crippen LogP contribution in [0.15, 0.2) is 34.9 Å². The standard InChI is InChI=1S/C23H25N3O3S/c1-2-28-18-9-7-15(8-10-18)13-26-14-17(12-21(26)27)22-24-23(29-25-22)20-11-16-5-3-4-6-19(16)30-20/h7-11,17H,2-6,12-14H2,1H3. The monoisotopic (exact) mass is 423 g/mol. The summed E-state index contributed by atoms with van der Waals surface area (Å²) in [5.41, 5.74) is 2.52. The van der Waals surface area contributed by atoms with Crippen LogP contribution in [0.5, 0.6) is 5.75 Å². The molecule has 1 unspecified atom stereocenters. The summed E-state index contributed by atoms with van der Waals surface area (Å²) in [7, 11) is 0. The number of carbonyl (C=O) groups is 1. The largest absolute Gasteiger partial charge is 0.494 e. The normalized spacial score (nSPS) is 18.6. The maximum atomic E-state index is 12.6. The van der Waals surface area contributed by atoms with E-state index in [9.17, 15) is 4.79 Å². The highest BCUT2D eigenvalue weighted by molar-refractivity contribution is 7.15. The Morgan fingerprint density at radius 3 is 2.87 bits per heavy atom. The molecular formula is C23H25N3O3S. The van der Waals surface area contributed by atoms with Gasteiger partial charge >= 0.3 is 0 Å². The predicted molar refractivity (Wildman–Crippen MR) is 115 cm³/mol. The van der Waals surface area contributed by atoms with Crippen LogP contribution >= 0.6 is 11.3 Å². The number of nitrogens with zero attached hydrogens (tertiary/aromatic N) is 3. The third-order valence-corrected chi connectivity index (χ3v) is 7.06. The molecular weight excluding hydrogens is 398 g/mol. The lowest BCUT2D eigenvalue weighted by Gasteiger charge is -2.16. The van der Waals surface area contributed by atoms with E-state index in [1.807, 2.05) is 36.1 Å². The molecule has 1 saturated heterocycles. The second kappa shape index (κ2) is 8.22. The zero-order valence-corrected chi connectivity index (χ0v) is 17.9. The van der Waals surface area contributed by atoms with Gasteiger partial charge < -0.3 is 14.2 Å². The first-order chi connectivity index (χ1) is 14.7. The van der Waals surface area contributed by atoms with E-state index in [0.29, 0.717) is 37.8 Å². The van der Waals surface area contributed by atoms with E-state index >= 15 is 0 Å². The summed E-state index contributed by atoms with van der Waals surface area (Å²) < 4.78 is 11.1. The third-order valence-electron chi connectivity index (χ3n) is 5.84. The lowest BCUT2D eigenvalue weighted by Crippen LogP contribution is -2.24. The molecule has 6 nitrogen and oxygen atoms in total. The van der Waals surface area contributed by atoms with Gasteiger partial charge in [-0.25, -0.2) is 0 Å². The molecule has 30 heavy (non-hydrogen) atoms. The Labute approximate surface area is 179 Å². The van der Waals surface area contributed by atoms with Crippen LogP contribution in [0.4, 0.5) is 0 Å². The Bertz CT molecular complexity index is 1020. The number of fused-ring (bicyclic) bond motifs is 1. The molecule has 0 saturated carbocycles. The molecule has 7 heteroatoms. The maximum Gasteiger partial charge on any atom is 0.268 e. The van der Waals surface area contributed by atoms with Crippen LogP contribution in [-0.2, 0) is 24.2 Å². The molecule has 0 N–H and O–H groups in total. The van der Waals surface area contributed by atoms with Gasteiger partial charge in [0, 0.05) is 30.3 Å². The summed E-state index contributed by atoms with van der Waals surface area (Å²) in [4.78, 5) is 21.6. The Kier molecular flexibility index (Phi) is 5.29. The van der Waals surface area contributed by atoms with E-state index in [2.05, 4.69) is 16.2 Å². The zero-order valence-electron chi connectivity index (χ0n) is 17.1. The van der Waals surface area contributed by atoms with Gasteiger partial charge in [-0.1, -0.05) is 17.3 Å². The number of amides is 1. The number of likely N-dealkylation sites (tertiary alicyclic amines) is 1. The number of benzene rings is 1. The summed E-state index contributed by atoms with van der Waals surface area (Å²) >= 11 is 1.77. The second-order valence-electron chi connectivity index (χ2n) is 7.98. The predicted octanol–water partition coefficient (Wildman–Crippen LogP) is 4.59. The number of aromatic nitrogens is 2. The molecule has 0 spiro atoms. The molecule has 3 aromatic rings. The van der Waals surface area contributed by atoms with Gasteiger partial charge in [0.05, 0.1) is 11.5 Å². The van der Waals surface area contributed by atoms with Crippen molar-refractivity contribution in [1.29, 1.82) is 0 Å². The molecule has 1 amide bonds. The maximum absolute atomic E-state index is 12.6. The van der Waals surface area contributed by atoms with Crippen molar-refractivity contribution in [1.82, 2.24) is 15.0 Å². The Balaban J connectivity index is 1.26. The fraction of sp³-hybridized carbons (Fsp3) is 0.435. The van der Waals surface area contributed by atoms with Crippen molar-refractivity contribution < 1.29 is 14.1 Å². The molecule has 1 aliphatic carbocycles. The van der Waals surface area contributed by atoms with Gasteiger partial charge in [0.15, 0.2) is 5.82 Å². The smallest absolute Gasteiger partial charge is 0.268 e. The Hall–Kier alpha value is -2.67. The van der Waals surface area contributed by atoms with Gasteiger partial charge in [0.25, 0.3) is 5.89 Å². The van der Waals surface area contributed by atoms with Gasteiger partial charge in [-0.3, -0.25) is 4.79 Å². The van der Waals surface area contributed by atoms with Crippen LogP contribution in [0.1, 0.15) is 53.9 Å². The first kappa shape index (κ1) is 19.3. The summed E-state index contributed by atoms with van der Waals surface area (Å²) in [6, 6.07) is 10.1. The topological polar surface area (TPSA) is 68.5 Å². The van der Waals surface area contributed by atoms with Gasteiger partial charge in [0.1, 0.15) is 5.75 Å². The molecule has 2 aromatic heterocycles. The molecule has 0 bridgehead atoms. The first-order valence-corrected chi connectivity index (χ1v) is 11.5. The minimum atomic E-state index is -0.0210. The van der Waals surface area contributed by atoms with Gasteiger partial charge in [-0.05, 0) is 61.9 Å². The summed E-state index contributed by atoms with van der Waals surface area (Å²) in [5.74, 6) is 2.18. The summed E-state index contributed by atoms with van der Waals surface area (Å²) in [6.07, 6.45) is 5.24. The minimum absolute atomic E-state index is 0.0210. The van der Waals surface area contributed by atoms with Crippen LogP contribution in [0, 0.1) is 0 Å². The number of aryl methyl sites for hydroxylation is 2. The quantitative estimate of drug-likeness (QED) is 0.580. The van der Waals surface area contributed by atoms with Crippen molar-refractivity contribution in [2.75, 3.05) is 13.2 Å². The van der Waals surface area contributed by atoms with E-state index < -0.39 is 0 Å². The number of rotatable bonds is 6. The van der Waals surface area contributed by atoms with Crippen LogP contribution < -0.4 is 4.74 Å². The lowest BCUT2D eigenvalue weighted by atomic mass is 9.99. The van der Waals surface area contributed by atoms with Crippen LogP contribution in [0.25, 0.3) is 10.8 Å². The van der Waals surface area contributed by atoms with Gasteiger partial charge in [0.2, 0.25) is 5.91 Å². The average Bonchev–Trinajstić information content (AvgIpc) is 3.48. The summed E-state index contributed by atoms with van der Waals surface area (Å²) in [6.45, 7) is 3.81. The highest BCUT2D eigenvalue weighted by Crippen LogP contribution is 2.36. The molecule has 156 valence electrons. The average molecular weight is 424 g/mol. The van der Waals surface area contributed by atoms with Crippen molar-refractivity contribution in [2.45, 2.75) is 51.5 Å². The van der Waals surface area contributed by atoms with E-state index in [-0.39, 0.29) is 11.8 Å². The van der Waals surface area contributed by atoms with E-state index in [1.54, 1.807) is 11.3 Å². The number of hydrogen-bond donors (Lipinski definition) is 0.